The zero-order chi connectivity index (χ0) is 14.6. The molecule has 20 heavy (non-hydrogen) atoms. The van der Waals surface area contributed by atoms with E-state index in [1.807, 2.05) is 6.07 Å². The highest BCUT2D eigenvalue weighted by atomic mass is 35.5. The molecule has 1 aliphatic rings. The molecule has 0 saturated heterocycles. The summed E-state index contributed by atoms with van der Waals surface area (Å²) in [5, 5.41) is 15.7. The lowest BCUT2D eigenvalue weighted by molar-refractivity contribution is 0.135. The molecule has 0 fully saturated rings. The SMILES string of the molecule is CCCCC(O)C[N+]1(c2ccc(Cl)cc2Cl)C=NC=N1. The van der Waals surface area contributed by atoms with Crippen molar-refractivity contribution in [3.63, 3.8) is 0 Å². The van der Waals surface area contributed by atoms with Gasteiger partial charge in [-0.25, -0.2) is 0 Å². The third-order valence-corrected chi connectivity index (χ3v) is 3.83. The average molecular weight is 315 g/mol. The van der Waals surface area contributed by atoms with Crippen LogP contribution < -0.4 is 4.59 Å². The summed E-state index contributed by atoms with van der Waals surface area (Å²) < 4.78 is 0.0842. The first-order valence-corrected chi connectivity index (χ1v) is 7.43. The van der Waals surface area contributed by atoms with Gasteiger partial charge in [-0.1, -0.05) is 48.1 Å². The highest BCUT2D eigenvalue weighted by molar-refractivity contribution is 6.36. The Morgan fingerprint density at radius 3 is 2.75 bits per heavy atom. The molecular formula is C14H18Cl2N3O+. The Balaban J connectivity index is 2.26. The van der Waals surface area contributed by atoms with E-state index >= 15 is 0 Å². The first-order valence-electron chi connectivity index (χ1n) is 6.67. The molecule has 0 amide bonds. The second kappa shape index (κ2) is 6.68. The van der Waals surface area contributed by atoms with Gasteiger partial charge in [0.15, 0.2) is 12.0 Å². The van der Waals surface area contributed by atoms with E-state index in [0.29, 0.717) is 16.6 Å². The molecule has 0 spiro atoms. The van der Waals surface area contributed by atoms with Crippen LogP contribution >= 0.6 is 23.2 Å². The fourth-order valence-electron chi connectivity index (χ4n) is 2.26. The summed E-state index contributed by atoms with van der Waals surface area (Å²) in [5.41, 5.74) is 0.768. The molecule has 2 atom stereocenters. The maximum Gasteiger partial charge on any atom is 0.223 e. The Labute approximate surface area is 128 Å². The molecule has 0 radical (unpaired) electrons. The maximum absolute atomic E-state index is 10.2. The lowest BCUT2D eigenvalue weighted by atomic mass is 10.1. The Kier molecular flexibility index (Phi) is 5.16. The Hall–Kier alpha value is -0.940. The molecule has 1 N–H and O–H groups in total. The zero-order valence-corrected chi connectivity index (χ0v) is 12.8. The van der Waals surface area contributed by atoms with Crippen LogP contribution in [0.15, 0.2) is 28.3 Å². The van der Waals surface area contributed by atoms with Crippen molar-refractivity contribution < 1.29 is 5.11 Å². The lowest BCUT2D eigenvalue weighted by Gasteiger charge is -2.27. The Morgan fingerprint density at radius 2 is 2.15 bits per heavy atom. The molecule has 1 aromatic rings. The second-order valence-corrected chi connectivity index (χ2v) is 5.74. The molecule has 0 aliphatic carbocycles. The largest absolute Gasteiger partial charge is 0.387 e. The first-order chi connectivity index (χ1) is 9.57. The van der Waals surface area contributed by atoms with Gasteiger partial charge in [0, 0.05) is 11.1 Å². The van der Waals surface area contributed by atoms with Gasteiger partial charge in [0.25, 0.3) is 0 Å². The molecule has 1 aliphatic heterocycles. The van der Waals surface area contributed by atoms with E-state index in [0.717, 1.165) is 24.9 Å². The number of hydrogen-bond donors (Lipinski definition) is 1. The van der Waals surface area contributed by atoms with Crippen molar-refractivity contribution in [3.05, 3.63) is 28.2 Å². The van der Waals surface area contributed by atoms with Crippen LogP contribution in [-0.2, 0) is 0 Å². The lowest BCUT2D eigenvalue weighted by Crippen LogP contribution is -2.46. The highest BCUT2D eigenvalue weighted by Gasteiger charge is 2.36. The number of unbranched alkanes of at least 4 members (excludes halogenated alkanes) is 1. The highest BCUT2D eigenvalue weighted by Crippen LogP contribution is 2.34. The van der Waals surface area contributed by atoms with E-state index in [4.69, 9.17) is 23.2 Å². The maximum atomic E-state index is 10.2. The molecule has 0 saturated carbocycles. The molecule has 0 bridgehead atoms. The predicted molar refractivity (Wildman–Crippen MR) is 85.6 cm³/mol. The molecule has 2 unspecified atom stereocenters. The summed E-state index contributed by atoms with van der Waals surface area (Å²) in [7, 11) is 0. The van der Waals surface area contributed by atoms with E-state index in [-0.39, 0.29) is 4.59 Å². The number of aliphatic hydroxyl groups excluding tert-OH is 1. The van der Waals surface area contributed by atoms with Crippen LogP contribution in [0.1, 0.15) is 26.2 Å². The van der Waals surface area contributed by atoms with Gasteiger partial charge in [0.2, 0.25) is 6.34 Å². The van der Waals surface area contributed by atoms with E-state index in [2.05, 4.69) is 17.0 Å². The van der Waals surface area contributed by atoms with E-state index < -0.39 is 6.10 Å². The van der Waals surface area contributed by atoms with Crippen LogP contribution in [0.3, 0.4) is 0 Å². The summed E-state index contributed by atoms with van der Waals surface area (Å²) in [6.45, 7) is 2.52. The van der Waals surface area contributed by atoms with Crippen molar-refractivity contribution >= 4 is 41.6 Å². The smallest absolute Gasteiger partial charge is 0.223 e. The van der Waals surface area contributed by atoms with Gasteiger partial charge >= 0.3 is 0 Å². The quantitative estimate of drug-likeness (QED) is 0.797. The number of hydrogen-bond acceptors (Lipinski definition) is 3. The number of aliphatic imine (C=N–C) groups is 1. The molecule has 108 valence electrons. The minimum atomic E-state index is -0.455. The van der Waals surface area contributed by atoms with Crippen LogP contribution in [0.2, 0.25) is 10.0 Å². The van der Waals surface area contributed by atoms with Gasteiger partial charge in [-0.3, -0.25) is 0 Å². The monoisotopic (exact) mass is 314 g/mol. The number of aliphatic hydroxyl groups is 1. The second-order valence-electron chi connectivity index (χ2n) is 4.90. The average Bonchev–Trinajstić information content (AvgIpc) is 2.85. The molecular weight excluding hydrogens is 297 g/mol. The minimum absolute atomic E-state index is 0.0842. The topological polar surface area (TPSA) is 45.0 Å². The number of rotatable bonds is 6. The Morgan fingerprint density at radius 1 is 1.35 bits per heavy atom. The number of nitrogens with zero attached hydrogens (tertiary/aromatic N) is 3. The van der Waals surface area contributed by atoms with Crippen molar-refractivity contribution in [1.82, 2.24) is 4.59 Å². The number of quaternary nitrogens is 1. The summed E-state index contributed by atoms with van der Waals surface area (Å²) >= 11 is 12.2. The fraction of sp³-hybridized carbons (Fsp3) is 0.429. The predicted octanol–water partition coefficient (Wildman–Crippen LogP) is 3.84. The van der Waals surface area contributed by atoms with Gasteiger partial charge in [0.05, 0.1) is 0 Å². The zero-order valence-electron chi connectivity index (χ0n) is 11.3. The van der Waals surface area contributed by atoms with E-state index in [9.17, 15) is 5.11 Å². The summed E-state index contributed by atoms with van der Waals surface area (Å²) in [6.07, 6.45) is 5.49. The van der Waals surface area contributed by atoms with Gasteiger partial charge < -0.3 is 5.11 Å². The molecule has 4 nitrogen and oxygen atoms in total. The standard InChI is InChI=1S/C14H18Cl2N3O/c1-2-3-4-12(20)8-19(10-17-9-18-19)14-6-5-11(15)7-13(14)16/h5-7,9-10,12,20H,2-4,8H2,1H3/q+1. The molecule has 6 heteroatoms. The van der Waals surface area contributed by atoms with Gasteiger partial charge in [-0.05, 0) is 18.6 Å². The number of benzene rings is 1. The van der Waals surface area contributed by atoms with Gasteiger partial charge in [0.1, 0.15) is 17.7 Å². The van der Waals surface area contributed by atoms with Crippen LogP contribution in [-0.4, -0.2) is 30.4 Å². The van der Waals surface area contributed by atoms with Crippen LogP contribution in [0.5, 0.6) is 0 Å². The molecule has 2 rings (SSSR count). The summed E-state index contributed by atoms with van der Waals surface area (Å²) in [4.78, 5) is 4.06. The van der Waals surface area contributed by atoms with Gasteiger partial charge in [-0.15, -0.1) is 4.59 Å². The van der Waals surface area contributed by atoms with Crippen LogP contribution in [0.4, 0.5) is 5.69 Å². The fourth-order valence-corrected chi connectivity index (χ4v) is 2.81. The first kappa shape index (κ1) is 15.4. The normalized spacial score (nSPS) is 22.4. The van der Waals surface area contributed by atoms with Crippen molar-refractivity contribution in [1.29, 1.82) is 0 Å². The van der Waals surface area contributed by atoms with E-state index in [1.165, 1.54) is 6.34 Å². The van der Waals surface area contributed by atoms with Crippen molar-refractivity contribution in [2.75, 3.05) is 6.54 Å². The minimum Gasteiger partial charge on any atom is -0.387 e. The van der Waals surface area contributed by atoms with E-state index in [1.54, 1.807) is 18.5 Å². The molecule has 1 aromatic carbocycles. The third-order valence-electron chi connectivity index (χ3n) is 3.29. The van der Waals surface area contributed by atoms with Crippen molar-refractivity contribution in [2.45, 2.75) is 32.3 Å². The van der Waals surface area contributed by atoms with Crippen molar-refractivity contribution in [2.24, 2.45) is 10.1 Å². The third kappa shape index (κ3) is 3.38. The van der Waals surface area contributed by atoms with Crippen LogP contribution in [0, 0.1) is 0 Å². The Bertz CT molecular complexity index is 519. The molecule has 0 aromatic heterocycles. The van der Waals surface area contributed by atoms with Crippen molar-refractivity contribution in [3.8, 4) is 0 Å². The van der Waals surface area contributed by atoms with Crippen LogP contribution in [0.25, 0.3) is 0 Å². The summed E-state index contributed by atoms with van der Waals surface area (Å²) in [6, 6.07) is 5.27. The number of halogens is 2. The molecule has 1 heterocycles. The summed E-state index contributed by atoms with van der Waals surface area (Å²) in [5.74, 6) is 0. The van der Waals surface area contributed by atoms with Gasteiger partial charge in [-0.2, -0.15) is 4.99 Å².